The first kappa shape index (κ1) is 18.2. The molecule has 1 amide bonds. The van der Waals surface area contributed by atoms with Crippen LogP contribution in [-0.4, -0.2) is 40.7 Å². The third kappa shape index (κ3) is 4.03. The van der Waals surface area contributed by atoms with Gasteiger partial charge in [0.25, 0.3) is 0 Å². The lowest BCUT2D eigenvalue weighted by atomic mass is 10.0. The Bertz CT molecular complexity index is 935. The number of amides is 1. The van der Waals surface area contributed by atoms with Gasteiger partial charge in [0, 0.05) is 31.4 Å². The Kier molecular flexibility index (Phi) is 5.32. The third-order valence-corrected chi connectivity index (χ3v) is 4.99. The molecule has 0 unspecified atom stereocenters. The number of hydrogen-bond donors (Lipinski definition) is 1. The van der Waals surface area contributed by atoms with Crippen LogP contribution in [0.15, 0.2) is 53.2 Å². The summed E-state index contributed by atoms with van der Waals surface area (Å²) in [4.78, 5) is 23.3. The highest BCUT2D eigenvalue weighted by atomic mass is 16.5. The molecule has 2 aromatic heterocycles. The molecule has 1 N–H and O–H groups in total. The van der Waals surface area contributed by atoms with Crippen LogP contribution in [0.3, 0.4) is 0 Å². The summed E-state index contributed by atoms with van der Waals surface area (Å²) in [6, 6.07) is 13.8. The van der Waals surface area contributed by atoms with Gasteiger partial charge in [-0.05, 0) is 36.5 Å². The van der Waals surface area contributed by atoms with Crippen LogP contribution in [0.4, 0.5) is 5.82 Å². The fourth-order valence-electron chi connectivity index (χ4n) is 3.33. The zero-order valence-electron chi connectivity index (χ0n) is 15.8. The lowest BCUT2D eigenvalue weighted by Crippen LogP contribution is -2.27. The molecule has 7 heteroatoms. The van der Waals surface area contributed by atoms with Crippen LogP contribution in [0.5, 0.6) is 0 Å². The highest BCUT2D eigenvalue weighted by Gasteiger charge is 2.19. The van der Waals surface area contributed by atoms with E-state index in [2.05, 4.69) is 32.3 Å². The van der Waals surface area contributed by atoms with Gasteiger partial charge in [-0.3, -0.25) is 4.79 Å². The molecule has 1 aromatic carbocycles. The minimum Gasteiger partial charge on any atom is -0.357 e. The fourth-order valence-corrected chi connectivity index (χ4v) is 3.33. The summed E-state index contributed by atoms with van der Waals surface area (Å²) in [5.74, 6) is 1.09. The Morgan fingerprint density at radius 1 is 1.21 bits per heavy atom. The number of anilines is 1. The minimum absolute atomic E-state index is 0.0326. The molecule has 0 saturated carbocycles. The number of carbonyl (C=O) groups excluding carboxylic acids is 1. The van der Waals surface area contributed by atoms with Gasteiger partial charge in [-0.1, -0.05) is 42.4 Å². The standard InChI is InChI=1S/C21H23N5O2/c1-15(16-7-3-2-4-8-16)14-23-20(27)21-24-19(25-28-21)17-9-10-22-18(13-17)26-11-5-6-12-26/h2-4,7-10,13,15H,5-6,11-12,14H2,1H3,(H,23,27)/t15-/m0/s1. The van der Waals surface area contributed by atoms with Crippen LogP contribution in [0, 0.1) is 0 Å². The highest BCUT2D eigenvalue weighted by molar-refractivity contribution is 5.89. The van der Waals surface area contributed by atoms with Gasteiger partial charge in [0.1, 0.15) is 5.82 Å². The number of rotatable bonds is 6. The van der Waals surface area contributed by atoms with E-state index in [0.29, 0.717) is 12.4 Å². The van der Waals surface area contributed by atoms with Crippen molar-refractivity contribution in [1.29, 1.82) is 0 Å². The van der Waals surface area contributed by atoms with Crippen LogP contribution in [0.2, 0.25) is 0 Å². The van der Waals surface area contributed by atoms with E-state index in [1.807, 2.05) is 42.5 Å². The van der Waals surface area contributed by atoms with Crippen molar-refractivity contribution in [2.24, 2.45) is 0 Å². The summed E-state index contributed by atoms with van der Waals surface area (Å²) < 4.78 is 5.18. The van der Waals surface area contributed by atoms with E-state index in [1.165, 1.54) is 18.4 Å². The molecule has 0 bridgehead atoms. The number of carbonyl (C=O) groups is 1. The van der Waals surface area contributed by atoms with Crippen molar-refractivity contribution in [2.75, 3.05) is 24.5 Å². The molecule has 1 aliphatic heterocycles. The minimum atomic E-state index is -0.365. The maximum absolute atomic E-state index is 12.4. The molecule has 0 spiro atoms. The van der Waals surface area contributed by atoms with Crippen LogP contribution < -0.4 is 10.2 Å². The monoisotopic (exact) mass is 377 g/mol. The molecule has 28 heavy (non-hydrogen) atoms. The topological polar surface area (TPSA) is 84.2 Å². The molecule has 3 heterocycles. The third-order valence-electron chi connectivity index (χ3n) is 4.99. The average Bonchev–Trinajstić information content (AvgIpc) is 3.45. The normalized spacial score (nSPS) is 14.8. The van der Waals surface area contributed by atoms with E-state index in [1.54, 1.807) is 6.20 Å². The number of benzene rings is 1. The number of pyridine rings is 1. The van der Waals surface area contributed by atoms with E-state index in [-0.39, 0.29) is 17.7 Å². The molecule has 0 radical (unpaired) electrons. The predicted octanol–water partition coefficient (Wildman–Crippen LogP) is 3.27. The zero-order chi connectivity index (χ0) is 19.3. The number of nitrogens with one attached hydrogen (secondary N) is 1. The second-order valence-electron chi connectivity index (χ2n) is 7.04. The molecule has 1 atom stereocenters. The van der Waals surface area contributed by atoms with Gasteiger partial charge >= 0.3 is 11.8 Å². The Morgan fingerprint density at radius 3 is 2.79 bits per heavy atom. The summed E-state index contributed by atoms with van der Waals surface area (Å²) in [7, 11) is 0. The van der Waals surface area contributed by atoms with Crippen LogP contribution in [0.1, 0.15) is 41.9 Å². The number of hydrogen-bond acceptors (Lipinski definition) is 6. The smallest absolute Gasteiger partial charge is 0.316 e. The van der Waals surface area contributed by atoms with Crippen molar-refractivity contribution in [3.63, 3.8) is 0 Å². The van der Waals surface area contributed by atoms with Crippen molar-refractivity contribution in [3.05, 3.63) is 60.1 Å². The quantitative estimate of drug-likeness (QED) is 0.710. The molecule has 1 aliphatic rings. The average molecular weight is 377 g/mol. The summed E-state index contributed by atoms with van der Waals surface area (Å²) in [5, 5.41) is 6.83. The van der Waals surface area contributed by atoms with Crippen LogP contribution >= 0.6 is 0 Å². The summed E-state index contributed by atoms with van der Waals surface area (Å²) >= 11 is 0. The fraction of sp³-hybridized carbons (Fsp3) is 0.333. The Hall–Kier alpha value is -3.22. The number of nitrogens with zero attached hydrogens (tertiary/aromatic N) is 4. The van der Waals surface area contributed by atoms with E-state index < -0.39 is 0 Å². The maximum atomic E-state index is 12.4. The van der Waals surface area contributed by atoms with Gasteiger partial charge in [0.2, 0.25) is 5.82 Å². The molecule has 144 valence electrons. The first-order valence-electron chi connectivity index (χ1n) is 9.59. The van der Waals surface area contributed by atoms with Crippen molar-refractivity contribution in [2.45, 2.75) is 25.7 Å². The van der Waals surface area contributed by atoms with Gasteiger partial charge in [0.05, 0.1) is 0 Å². The molecular weight excluding hydrogens is 354 g/mol. The zero-order valence-corrected chi connectivity index (χ0v) is 15.8. The van der Waals surface area contributed by atoms with E-state index in [9.17, 15) is 4.79 Å². The van der Waals surface area contributed by atoms with E-state index in [4.69, 9.17) is 4.52 Å². The Balaban J connectivity index is 1.41. The van der Waals surface area contributed by atoms with E-state index in [0.717, 1.165) is 24.5 Å². The second-order valence-corrected chi connectivity index (χ2v) is 7.04. The van der Waals surface area contributed by atoms with Crippen molar-refractivity contribution in [3.8, 4) is 11.4 Å². The molecule has 1 saturated heterocycles. The van der Waals surface area contributed by atoms with Gasteiger partial charge in [0.15, 0.2) is 0 Å². The first-order chi connectivity index (χ1) is 13.7. The molecule has 4 rings (SSSR count). The molecule has 1 fully saturated rings. The van der Waals surface area contributed by atoms with Gasteiger partial charge in [-0.2, -0.15) is 4.98 Å². The summed E-state index contributed by atoms with van der Waals surface area (Å²) in [6.07, 6.45) is 4.10. The highest BCUT2D eigenvalue weighted by Crippen LogP contribution is 2.23. The van der Waals surface area contributed by atoms with Crippen molar-refractivity contribution < 1.29 is 9.32 Å². The largest absolute Gasteiger partial charge is 0.357 e. The SMILES string of the molecule is C[C@@H](CNC(=O)c1nc(-c2ccnc(N3CCCC3)c2)no1)c1ccccc1. The first-order valence-corrected chi connectivity index (χ1v) is 9.59. The second kappa shape index (κ2) is 8.21. The Morgan fingerprint density at radius 2 is 2.00 bits per heavy atom. The van der Waals surface area contributed by atoms with Crippen molar-refractivity contribution in [1.82, 2.24) is 20.4 Å². The van der Waals surface area contributed by atoms with Gasteiger partial charge in [-0.15, -0.1) is 0 Å². The molecule has 7 nitrogen and oxygen atoms in total. The molecule has 0 aliphatic carbocycles. The summed E-state index contributed by atoms with van der Waals surface area (Å²) in [5.41, 5.74) is 1.96. The Labute approximate surface area is 163 Å². The predicted molar refractivity (Wildman–Crippen MR) is 106 cm³/mol. The number of aromatic nitrogens is 3. The van der Waals surface area contributed by atoms with Crippen LogP contribution in [-0.2, 0) is 0 Å². The van der Waals surface area contributed by atoms with Gasteiger partial charge < -0.3 is 14.7 Å². The van der Waals surface area contributed by atoms with Gasteiger partial charge in [-0.25, -0.2) is 4.98 Å². The lowest BCUT2D eigenvalue weighted by molar-refractivity contribution is 0.0908. The lowest BCUT2D eigenvalue weighted by Gasteiger charge is -2.16. The summed E-state index contributed by atoms with van der Waals surface area (Å²) in [6.45, 7) is 4.58. The van der Waals surface area contributed by atoms with Crippen LogP contribution in [0.25, 0.3) is 11.4 Å². The molecule has 3 aromatic rings. The maximum Gasteiger partial charge on any atom is 0.316 e. The van der Waals surface area contributed by atoms with Crippen molar-refractivity contribution >= 4 is 11.7 Å². The van der Waals surface area contributed by atoms with E-state index >= 15 is 0 Å². The molecular formula is C21H23N5O2.